The second-order valence-corrected chi connectivity index (χ2v) is 9.26. The van der Waals surface area contributed by atoms with Gasteiger partial charge in [0.05, 0.1) is 0 Å². The van der Waals surface area contributed by atoms with Crippen LogP contribution in [0.3, 0.4) is 0 Å². The van der Waals surface area contributed by atoms with Crippen LogP contribution < -0.4 is 11.5 Å². The lowest BCUT2D eigenvalue weighted by Gasteiger charge is -2.22. The fourth-order valence-corrected chi connectivity index (χ4v) is 5.27. The molecule has 0 radical (unpaired) electrons. The van der Waals surface area contributed by atoms with E-state index in [2.05, 4.69) is 83.1 Å². The summed E-state index contributed by atoms with van der Waals surface area (Å²) >= 11 is 0. The molecule has 4 aromatic carbocycles. The molecule has 2 heteroatoms. The van der Waals surface area contributed by atoms with Crippen LogP contribution in [0.4, 0.5) is 11.4 Å². The van der Waals surface area contributed by atoms with E-state index in [1.165, 1.54) is 55.6 Å². The SMILES string of the molecule is CCC(c1cc(C)c(-c2ccc(N)cc2)c(C)c1)c1cc(C)c(-c2ccc(N)cc2)c(C)c1. The van der Waals surface area contributed by atoms with Crippen molar-refractivity contribution in [2.75, 3.05) is 11.5 Å². The molecule has 2 nitrogen and oxygen atoms in total. The highest BCUT2D eigenvalue weighted by Crippen LogP contribution is 2.37. The molecule has 0 aliphatic carbocycles. The Morgan fingerprint density at radius 3 is 1.12 bits per heavy atom. The zero-order valence-electron chi connectivity index (χ0n) is 20.4. The normalized spacial score (nSPS) is 11.2. The van der Waals surface area contributed by atoms with E-state index in [0.29, 0.717) is 5.92 Å². The standard InChI is InChI=1S/C31H34N2/c1-6-29(25-15-19(2)30(20(3)16-25)23-7-11-27(32)12-8-23)26-17-21(4)31(22(5)18-26)24-9-13-28(33)14-10-24/h7-18,29H,6,32-33H2,1-5H3. The first-order valence-electron chi connectivity index (χ1n) is 11.7. The highest BCUT2D eigenvalue weighted by atomic mass is 14.5. The maximum atomic E-state index is 5.90. The molecule has 33 heavy (non-hydrogen) atoms. The minimum Gasteiger partial charge on any atom is -0.399 e. The number of nitrogens with two attached hydrogens (primary N) is 2. The predicted octanol–water partition coefficient (Wildman–Crippen LogP) is 7.96. The van der Waals surface area contributed by atoms with Gasteiger partial charge in [0, 0.05) is 17.3 Å². The summed E-state index contributed by atoms with van der Waals surface area (Å²) in [4.78, 5) is 0. The molecule has 4 N–H and O–H groups in total. The lowest BCUT2D eigenvalue weighted by atomic mass is 9.82. The Hall–Kier alpha value is -3.52. The molecule has 4 rings (SSSR count). The summed E-state index contributed by atoms with van der Waals surface area (Å²) in [6.45, 7) is 11.2. The van der Waals surface area contributed by atoms with Crippen LogP contribution in [0.5, 0.6) is 0 Å². The van der Waals surface area contributed by atoms with E-state index in [9.17, 15) is 0 Å². The first-order chi connectivity index (χ1) is 15.8. The van der Waals surface area contributed by atoms with Gasteiger partial charge in [0.1, 0.15) is 0 Å². The van der Waals surface area contributed by atoms with E-state index < -0.39 is 0 Å². The molecule has 0 bridgehead atoms. The van der Waals surface area contributed by atoms with Crippen LogP contribution in [0.25, 0.3) is 22.3 Å². The number of hydrogen-bond donors (Lipinski definition) is 2. The Morgan fingerprint density at radius 1 is 0.545 bits per heavy atom. The number of benzene rings is 4. The Morgan fingerprint density at radius 2 is 0.848 bits per heavy atom. The zero-order valence-corrected chi connectivity index (χ0v) is 20.4. The second kappa shape index (κ2) is 9.15. The van der Waals surface area contributed by atoms with Crippen molar-refractivity contribution >= 4 is 11.4 Å². The quantitative estimate of drug-likeness (QED) is 0.313. The van der Waals surface area contributed by atoms with E-state index >= 15 is 0 Å². The molecule has 0 saturated heterocycles. The third-order valence-corrected chi connectivity index (χ3v) is 6.72. The molecule has 0 fully saturated rings. The van der Waals surface area contributed by atoms with E-state index in [4.69, 9.17) is 11.5 Å². The number of rotatable bonds is 5. The molecular weight excluding hydrogens is 400 g/mol. The Balaban J connectivity index is 1.74. The van der Waals surface area contributed by atoms with Gasteiger partial charge < -0.3 is 11.5 Å². The molecule has 0 aliphatic heterocycles. The minimum absolute atomic E-state index is 0.362. The highest BCUT2D eigenvalue weighted by Gasteiger charge is 2.18. The predicted molar refractivity (Wildman–Crippen MR) is 144 cm³/mol. The van der Waals surface area contributed by atoms with Gasteiger partial charge in [0.15, 0.2) is 0 Å². The number of hydrogen-bond acceptors (Lipinski definition) is 2. The molecule has 0 spiro atoms. The van der Waals surface area contributed by atoms with Crippen molar-refractivity contribution in [3.8, 4) is 22.3 Å². The molecular formula is C31H34N2. The molecule has 0 saturated carbocycles. The van der Waals surface area contributed by atoms with Gasteiger partial charge in [-0.25, -0.2) is 0 Å². The Labute approximate surface area is 198 Å². The van der Waals surface area contributed by atoms with Crippen LogP contribution in [-0.2, 0) is 0 Å². The molecule has 0 amide bonds. The van der Waals surface area contributed by atoms with Gasteiger partial charge in [-0.05, 0) is 114 Å². The maximum Gasteiger partial charge on any atom is 0.0314 e. The number of nitrogen functional groups attached to an aromatic ring is 2. The van der Waals surface area contributed by atoms with Crippen LogP contribution in [0.15, 0.2) is 72.8 Å². The third kappa shape index (κ3) is 4.52. The highest BCUT2D eigenvalue weighted by molar-refractivity contribution is 5.74. The van der Waals surface area contributed by atoms with Crippen molar-refractivity contribution in [1.82, 2.24) is 0 Å². The summed E-state index contributed by atoms with van der Waals surface area (Å²) in [7, 11) is 0. The second-order valence-electron chi connectivity index (χ2n) is 9.26. The Bertz CT molecular complexity index is 1130. The van der Waals surface area contributed by atoms with Gasteiger partial charge in [0.2, 0.25) is 0 Å². The van der Waals surface area contributed by atoms with Gasteiger partial charge in [-0.3, -0.25) is 0 Å². The van der Waals surface area contributed by atoms with Gasteiger partial charge in [-0.1, -0.05) is 55.5 Å². The van der Waals surface area contributed by atoms with Crippen LogP contribution in [0.1, 0.15) is 52.6 Å². The van der Waals surface area contributed by atoms with Crippen molar-refractivity contribution < 1.29 is 0 Å². The van der Waals surface area contributed by atoms with E-state index in [0.717, 1.165) is 17.8 Å². The average molecular weight is 435 g/mol. The first-order valence-corrected chi connectivity index (χ1v) is 11.7. The smallest absolute Gasteiger partial charge is 0.0314 e. The number of aryl methyl sites for hydroxylation is 4. The monoisotopic (exact) mass is 434 g/mol. The fraction of sp³-hybridized carbons (Fsp3) is 0.226. The summed E-state index contributed by atoms with van der Waals surface area (Å²) in [5.41, 5.74) is 26.4. The summed E-state index contributed by atoms with van der Waals surface area (Å²) in [5.74, 6) is 0.362. The van der Waals surface area contributed by atoms with Crippen LogP contribution >= 0.6 is 0 Å². The summed E-state index contributed by atoms with van der Waals surface area (Å²) in [5, 5.41) is 0. The number of anilines is 2. The van der Waals surface area contributed by atoms with Crippen molar-refractivity contribution in [3.63, 3.8) is 0 Å². The van der Waals surface area contributed by atoms with Crippen molar-refractivity contribution in [1.29, 1.82) is 0 Å². The van der Waals surface area contributed by atoms with E-state index in [1.807, 2.05) is 24.3 Å². The molecule has 168 valence electrons. The fourth-order valence-electron chi connectivity index (χ4n) is 5.27. The lowest BCUT2D eigenvalue weighted by Crippen LogP contribution is -2.04. The zero-order chi connectivity index (χ0) is 23.7. The Kier molecular flexibility index (Phi) is 6.29. The van der Waals surface area contributed by atoms with Crippen LogP contribution in [0.2, 0.25) is 0 Å². The van der Waals surface area contributed by atoms with Crippen LogP contribution in [-0.4, -0.2) is 0 Å². The summed E-state index contributed by atoms with van der Waals surface area (Å²) < 4.78 is 0. The third-order valence-electron chi connectivity index (χ3n) is 6.72. The van der Waals surface area contributed by atoms with Crippen molar-refractivity contribution in [2.24, 2.45) is 0 Å². The van der Waals surface area contributed by atoms with Crippen molar-refractivity contribution in [3.05, 3.63) is 106 Å². The van der Waals surface area contributed by atoms with E-state index in [1.54, 1.807) is 0 Å². The van der Waals surface area contributed by atoms with Gasteiger partial charge in [-0.2, -0.15) is 0 Å². The summed E-state index contributed by atoms with van der Waals surface area (Å²) in [6.07, 6.45) is 1.06. The minimum atomic E-state index is 0.362. The van der Waals surface area contributed by atoms with Gasteiger partial charge >= 0.3 is 0 Å². The first kappa shape index (κ1) is 22.7. The topological polar surface area (TPSA) is 52.0 Å². The molecule has 0 heterocycles. The summed E-state index contributed by atoms with van der Waals surface area (Å²) in [6, 6.07) is 25.8. The largest absolute Gasteiger partial charge is 0.399 e. The molecule has 4 aromatic rings. The van der Waals surface area contributed by atoms with Gasteiger partial charge in [-0.15, -0.1) is 0 Å². The maximum absolute atomic E-state index is 5.90. The molecule has 0 aromatic heterocycles. The molecule has 0 atom stereocenters. The average Bonchev–Trinajstić information content (AvgIpc) is 2.76. The molecule has 0 aliphatic rings. The van der Waals surface area contributed by atoms with Gasteiger partial charge in [0.25, 0.3) is 0 Å². The van der Waals surface area contributed by atoms with E-state index in [-0.39, 0.29) is 0 Å². The molecule has 0 unspecified atom stereocenters. The van der Waals surface area contributed by atoms with Crippen LogP contribution in [0, 0.1) is 27.7 Å². The van der Waals surface area contributed by atoms with Crippen molar-refractivity contribution in [2.45, 2.75) is 47.0 Å². The lowest BCUT2D eigenvalue weighted by molar-refractivity contribution is 0.774.